The van der Waals surface area contributed by atoms with E-state index in [1.807, 2.05) is 11.3 Å². The van der Waals surface area contributed by atoms with Crippen molar-refractivity contribution in [3.8, 4) is 22.3 Å². The molecular weight excluding hydrogens is 751 g/mol. The molecule has 0 bridgehead atoms. The van der Waals surface area contributed by atoms with Gasteiger partial charge < -0.3 is 4.90 Å². The zero-order valence-electron chi connectivity index (χ0n) is 36.1. The Labute approximate surface area is 360 Å². The summed E-state index contributed by atoms with van der Waals surface area (Å²) in [4.78, 5) is 7.23. The predicted octanol–water partition coefficient (Wildman–Crippen LogP) is 17.2. The van der Waals surface area contributed by atoms with Crippen molar-refractivity contribution >= 4 is 48.2 Å². The maximum atomic E-state index is 2.53. The van der Waals surface area contributed by atoms with Gasteiger partial charge in [0, 0.05) is 42.6 Å². The summed E-state index contributed by atoms with van der Waals surface area (Å²) in [5, 5.41) is 2.27. The number of fused-ring (bicyclic) bond motifs is 6. The topological polar surface area (TPSA) is 3.24 Å². The Morgan fingerprint density at radius 1 is 0.475 bits per heavy atom. The van der Waals surface area contributed by atoms with Gasteiger partial charge in [0.1, 0.15) is 0 Å². The van der Waals surface area contributed by atoms with Gasteiger partial charge >= 0.3 is 0 Å². The van der Waals surface area contributed by atoms with Crippen LogP contribution in [0.15, 0.2) is 139 Å². The molecule has 6 aromatic rings. The Morgan fingerprint density at radius 2 is 0.966 bits per heavy atom. The van der Waals surface area contributed by atoms with Gasteiger partial charge in [-0.3, -0.25) is 0 Å². The van der Waals surface area contributed by atoms with Gasteiger partial charge in [0.2, 0.25) is 0 Å². The van der Waals surface area contributed by atoms with E-state index >= 15 is 0 Å². The van der Waals surface area contributed by atoms with E-state index in [0.29, 0.717) is 0 Å². The predicted molar refractivity (Wildman–Crippen MR) is 262 cm³/mol. The monoisotopic (exact) mass is 811 g/mol. The van der Waals surface area contributed by atoms with Crippen molar-refractivity contribution in [2.75, 3.05) is 16.4 Å². The van der Waals surface area contributed by atoms with Crippen LogP contribution >= 0.6 is 21.4 Å². The molecule has 0 radical (unpaired) electrons. The molecule has 2 heterocycles. The first-order valence-corrected chi connectivity index (χ1v) is 25.2. The second kappa shape index (κ2) is 16.1. The minimum absolute atomic E-state index is 0.0817. The van der Waals surface area contributed by atoms with E-state index in [1.165, 1.54) is 135 Å². The van der Waals surface area contributed by atoms with Gasteiger partial charge in [-0.15, -0.1) is 11.3 Å². The van der Waals surface area contributed by atoms with Crippen molar-refractivity contribution in [3.05, 3.63) is 172 Å². The van der Waals surface area contributed by atoms with Crippen LogP contribution < -0.4 is 4.90 Å². The van der Waals surface area contributed by atoms with Crippen molar-refractivity contribution in [1.29, 1.82) is 0 Å². The Balaban J connectivity index is 1.14. The summed E-state index contributed by atoms with van der Waals surface area (Å²) in [5.74, 6) is 2.59. The van der Waals surface area contributed by atoms with Crippen molar-refractivity contribution in [2.24, 2.45) is 0 Å². The minimum Gasteiger partial charge on any atom is -0.310 e. The molecule has 9 rings (SSSR count). The highest BCUT2D eigenvalue weighted by atomic mass is 32.3. The van der Waals surface area contributed by atoms with E-state index in [9.17, 15) is 0 Å². The summed E-state index contributed by atoms with van der Waals surface area (Å²) in [6, 6.07) is 46.8. The number of unbranched alkanes of at least 4 members (excludes halogenated alkanes) is 6. The third-order valence-corrected chi connectivity index (χ3v) is 19.2. The van der Waals surface area contributed by atoms with Gasteiger partial charge in [0.05, 0.1) is 0 Å². The average molecular weight is 812 g/mol. The molecule has 302 valence electrons. The first kappa shape index (κ1) is 39.9. The van der Waals surface area contributed by atoms with Gasteiger partial charge in [-0.25, -0.2) is 0 Å². The molecule has 0 unspecified atom stereocenters. The number of benzene rings is 5. The van der Waals surface area contributed by atoms with E-state index in [0.717, 1.165) is 0 Å². The van der Waals surface area contributed by atoms with Crippen molar-refractivity contribution in [3.63, 3.8) is 0 Å². The van der Waals surface area contributed by atoms with Crippen molar-refractivity contribution in [1.82, 2.24) is 0 Å². The second-order valence-corrected chi connectivity index (χ2v) is 22.5. The molecule has 0 N–H and O–H groups in total. The summed E-state index contributed by atoms with van der Waals surface area (Å²) in [6.07, 6.45) is 15.5. The van der Waals surface area contributed by atoms with Crippen LogP contribution in [-0.2, 0) is 10.8 Å². The van der Waals surface area contributed by atoms with Crippen LogP contribution in [0.1, 0.15) is 126 Å². The molecule has 0 fully saturated rings. The van der Waals surface area contributed by atoms with Crippen LogP contribution in [0.25, 0.3) is 32.1 Å². The fraction of sp³-hybridized carbons (Fsp3) is 0.321. The molecule has 3 aliphatic rings. The van der Waals surface area contributed by atoms with Gasteiger partial charge in [-0.05, 0) is 134 Å². The number of rotatable bonds is 15. The number of hydrogen-bond acceptors (Lipinski definition) is 2. The lowest BCUT2D eigenvalue weighted by molar-refractivity contribution is 0.660. The summed E-state index contributed by atoms with van der Waals surface area (Å²) in [7, 11) is -1.19. The maximum absolute atomic E-state index is 2.53. The normalized spacial score (nSPS) is 16.8. The number of thiophene rings is 1. The van der Waals surface area contributed by atoms with Crippen LogP contribution in [0.4, 0.5) is 17.1 Å². The Hall–Kier alpha value is -4.57. The highest BCUT2D eigenvalue weighted by Gasteiger charge is 2.39. The second-order valence-electron chi connectivity index (χ2n) is 18.1. The highest BCUT2D eigenvalue weighted by Crippen LogP contribution is 2.72. The van der Waals surface area contributed by atoms with Gasteiger partial charge in [-0.2, -0.15) is 10.0 Å². The Bertz CT molecular complexity index is 2410. The van der Waals surface area contributed by atoms with Crippen LogP contribution in [0, 0.1) is 0 Å². The van der Waals surface area contributed by atoms with E-state index in [2.05, 4.69) is 185 Å². The van der Waals surface area contributed by atoms with E-state index in [-0.39, 0.29) is 10.8 Å². The lowest BCUT2D eigenvalue weighted by Crippen LogP contribution is -2.18. The lowest BCUT2D eigenvalue weighted by atomic mass is 9.82. The number of anilines is 3. The van der Waals surface area contributed by atoms with Crippen LogP contribution in [-0.4, -0.2) is 11.5 Å². The van der Waals surface area contributed by atoms with Crippen molar-refractivity contribution in [2.45, 2.75) is 104 Å². The van der Waals surface area contributed by atoms with E-state index in [1.54, 1.807) is 9.81 Å². The Kier molecular flexibility index (Phi) is 10.9. The fourth-order valence-corrected chi connectivity index (χ4v) is 16.2. The molecule has 0 spiro atoms. The fourth-order valence-electron chi connectivity index (χ4n) is 10.5. The molecule has 3 heteroatoms. The first-order chi connectivity index (χ1) is 28.7. The summed E-state index contributed by atoms with van der Waals surface area (Å²) >= 11 is 1.93. The Morgan fingerprint density at radius 3 is 1.47 bits per heavy atom. The van der Waals surface area contributed by atoms with Crippen LogP contribution in [0.5, 0.6) is 0 Å². The first-order valence-electron chi connectivity index (χ1n) is 22.3. The minimum atomic E-state index is -1.19. The largest absolute Gasteiger partial charge is 0.310 e. The average Bonchev–Trinajstić information content (AvgIpc) is 4.02. The lowest BCUT2D eigenvalue weighted by Gasteiger charge is -2.42. The summed E-state index contributed by atoms with van der Waals surface area (Å²) in [5.41, 5.74) is 15.9. The maximum Gasteiger partial charge on any atom is 0.0465 e. The number of allylic oxidation sites excluding steroid dienone is 2. The zero-order valence-corrected chi connectivity index (χ0v) is 37.7. The van der Waals surface area contributed by atoms with Gasteiger partial charge in [-0.1, -0.05) is 159 Å². The molecule has 0 saturated carbocycles. The molecule has 2 aliphatic carbocycles. The number of hydrogen-bond donors (Lipinski definition) is 0. The third-order valence-electron chi connectivity index (χ3n) is 13.7. The molecule has 5 aromatic carbocycles. The highest BCUT2D eigenvalue weighted by molar-refractivity contribution is 8.48. The van der Waals surface area contributed by atoms with E-state index in [4.69, 9.17) is 0 Å². The van der Waals surface area contributed by atoms with E-state index < -0.39 is 10.0 Å². The molecule has 1 nitrogen and oxygen atoms in total. The summed E-state index contributed by atoms with van der Waals surface area (Å²) in [6.45, 7) is 14.2. The quantitative estimate of drug-likeness (QED) is 0.0934. The zero-order chi connectivity index (χ0) is 40.8. The van der Waals surface area contributed by atoms with Gasteiger partial charge in [0.25, 0.3) is 0 Å². The molecule has 0 amide bonds. The summed E-state index contributed by atoms with van der Waals surface area (Å²) < 4.78 is 0. The van der Waals surface area contributed by atoms with Crippen molar-refractivity contribution < 1.29 is 0 Å². The molecule has 0 atom stereocenters. The number of nitrogens with zero attached hydrogens (tertiary/aromatic N) is 1. The molecular formula is C56H61NS2. The molecule has 1 aliphatic heterocycles. The smallest absolute Gasteiger partial charge is 0.0465 e. The molecule has 0 saturated heterocycles. The van der Waals surface area contributed by atoms with Crippen LogP contribution in [0.2, 0.25) is 0 Å². The SMILES string of the molecule is CCCCCCS1(CCCCCC)C(c2ccc(N(c3ccc4c(c3)C(C)(C)c3ccccc3-4)c3ccc4c(c3)C(C)(C)c3ccccc3-4)cc2)=CC=C1c1cccs1. The molecule has 1 aromatic heterocycles. The third kappa shape index (κ3) is 6.87. The standard InChI is InChI=1S/C56H61NS2/c1-7-9-11-17-36-59(37-18-12-10-8-2)53(33-34-54(59)52-24-19-35-58-52)40-25-27-41(28-26-40)57(42-29-31-46-44-20-13-15-22-48(44)55(3,4)50(46)38-42)43-30-32-47-45-21-14-16-23-49(45)56(5,6)51(47)39-43/h13-16,19-35,38-39H,7-12,17-18,36-37H2,1-6H3. The molecule has 59 heavy (non-hydrogen) atoms. The van der Waals surface area contributed by atoms with Gasteiger partial charge in [0.15, 0.2) is 0 Å². The van der Waals surface area contributed by atoms with Crippen LogP contribution in [0.3, 0.4) is 0 Å².